The van der Waals surface area contributed by atoms with E-state index in [-0.39, 0.29) is 6.04 Å². The Labute approximate surface area is 66.1 Å². The molecular formula is C8H13NO2. The first-order valence-corrected chi connectivity index (χ1v) is 3.72. The Balaban J connectivity index is 2.64. The SMILES string of the molecule is CC1=C(C)CC(C(=O)O)NC1. The van der Waals surface area contributed by atoms with Crippen LogP contribution in [-0.4, -0.2) is 23.7 Å². The summed E-state index contributed by atoms with van der Waals surface area (Å²) < 4.78 is 0. The second kappa shape index (κ2) is 3.05. The van der Waals surface area contributed by atoms with Crippen molar-refractivity contribution in [2.75, 3.05) is 6.54 Å². The van der Waals surface area contributed by atoms with Crippen LogP contribution in [0.4, 0.5) is 0 Å². The standard InChI is InChI=1S/C8H13NO2/c1-5-3-7(8(10)11)9-4-6(5)2/h7,9H,3-4H2,1-2H3,(H,10,11). The van der Waals surface area contributed by atoms with Crippen molar-refractivity contribution in [3.63, 3.8) is 0 Å². The largest absolute Gasteiger partial charge is 0.480 e. The first-order chi connectivity index (χ1) is 5.11. The Morgan fingerprint density at radius 1 is 1.55 bits per heavy atom. The van der Waals surface area contributed by atoms with Gasteiger partial charge >= 0.3 is 5.97 Å². The fraction of sp³-hybridized carbons (Fsp3) is 0.625. The normalized spacial score (nSPS) is 25.5. The van der Waals surface area contributed by atoms with E-state index in [1.54, 1.807) is 0 Å². The van der Waals surface area contributed by atoms with Crippen LogP contribution >= 0.6 is 0 Å². The molecule has 0 saturated heterocycles. The van der Waals surface area contributed by atoms with Gasteiger partial charge in [-0.25, -0.2) is 0 Å². The summed E-state index contributed by atoms with van der Waals surface area (Å²) in [6.07, 6.45) is 0.640. The summed E-state index contributed by atoms with van der Waals surface area (Å²) in [7, 11) is 0. The second-order valence-electron chi connectivity index (χ2n) is 3.04. The van der Waals surface area contributed by atoms with Crippen LogP contribution < -0.4 is 5.32 Å². The summed E-state index contributed by atoms with van der Waals surface area (Å²) in [6, 6.07) is -0.376. The maximum atomic E-state index is 10.5. The van der Waals surface area contributed by atoms with Gasteiger partial charge in [0.2, 0.25) is 0 Å². The highest BCUT2D eigenvalue weighted by Crippen LogP contribution is 2.14. The Morgan fingerprint density at radius 2 is 2.18 bits per heavy atom. The molecule has 1 unspecified atom stereocenters. The topological polar surface area (TPSA) is 49.3 Å². The summed E-state index contributed by atoms with van der Waals surface area (Å²) in [4.78, 5) is 10.5. The fourth-order valence-corrected chi connectivity index (χ4v) is 1.15. The monoisotopic (exact) mass is 155 g/mol. The van der Waals surface area contributed by atoms with Gasteiger partial charge in [0, 0.05) is 6.54 Å². The predicted molar refractivity (Wildman–Crippen MR) is 42.4 cm³/mol. The zero-order valence-electron chi connectivity index (χ0n) is 6.85. The highest BCUT2D eigenvalue weighted by Gasteiger charge is 2.21. The van der Waals surface area contributed by atoms with Crippen molar-refractivity contribution in [1.82, 2.24) is 5.32 Å². The van der Waals surface area contributed by atoms with Crippen LogP contribution in [0, 0.1) is 0 Å². The van der Waals surface area contributed by atoms with E-state index >= 15 is 0 Å². The van der Waals surface area contributed by atoms with Gasteiger partial charge in [0.05, 0.1) is 0 Å². The highest BCUT2D eigenvalue weighted by molar-refractivity contribution is 5.74. The molecule has 0 aromatic rings. The van der Waals surface area contributed by atoms with Crippen LogP contribution in [-0.2, 0) is 4.79 Å². The van der Waals surface area contributed by atoms with Crippen LogP contribution in [0.25, 0.3) is 0 Å². The van der Waals surface area contributed by atoms with E-state index in [0.29, 0.717) is 13.0 Å². The molecule has 0 spiro atoms. The molecule has 11 heavy (non-hydrogen) atoms. The summed E-state index contributed by atoms with van der Waals surface area (Å²) in [5.74, 6) is -0.753. The van der Waals surface area contributed by atoms with Crippen LogP contribution in [0.3, 0.4) is 0 Å². The molecule has 1 aliphatic rings. The Kier molecular flexibility index (Phi) is 2.29. The molecule has 1 heterocycles. The number of carboxylic acids is 1. The maximum absolute atomic E-state index is 10.5. The van der Waals surface area contributed by atoms with E-state index in [1.165, 1.54) is 11.1 Å². The molecule has 0 bridgehead atoms. The van der Waals surface area contributed by atoms with Gasteiger partial charge in [-0.2, -0.15) is 0 Å². The molecule has 1 aliphatic heterocycles. The minimum absolute atomic E-state index is 0.376. The second-order valence-corrected chi connectivity index (χ2v) is 3.04. The minimum Gasteiger partial charge on any atom is -0.480 e. The van der Waals surface area contributed by atoms with Crippen molar-refractivity contribution in [3.8, 4) is 0 Å². The molecule has 1 rings (SSSR count). The first-order valence-electron chi connectivity index (χ1n) is 3.72. The Morgan fingerprint density at radius 3 is 2.64 bits per heavy atom. The van der Waals surface area contributed by atoms with Crippen molar-refractivity contribution >= 4 is 5.97 Å². The third-order valence-electron chi connectivity index (χ3n) is 2.15. The van der Waals surface area contributed by atoms with Crippen LogP contribution in [0.2, 0.25) is 0 Å². The average Bonchev–Trinajstić information content (AvgIpc) is 1.94. The number of rotatable bonds is 1. The molecule has 3 nitrogen and oxygen atoms in total. The number of nitrogens with one attached hydrogen (secondary N) is 1. The van der Waals surface area contributed by atoms with Gasteiger partial charge in [-0.1, -0.05) is 11.1 Å². The number of hydrogen-bond donors (Lipinski definition) is 2. The summed E-state index contributed by atoms with van der Waals surface area (Å²) in [5.41, 5.74) is 2.47. The molecular weight excluding hydrogens is 142 g/mol. The molecule has 0 aliphatic carbocycles. The average molecular weight is 155 g/mol. The highest BCUT2D eigenvalue weighted by atomic mass is 16.4. The lowest BCUT2D eigenvalue weighted by molar-refractivity contribution is -0.139. The van der Waals surface area contributed by atoms with Crippen molar-refractivity contribution in [2.24, 2.45) is 0 Å². The third kappa shape index (κ3) is 1.80. The lowest BCUT2D eigenvalue weighted by Gasteiger charge is -2.22. The molecule has 0 aromatic carbocycles. The zero-order chi connectivity index (χ0) is 8.43. The van der Waals surface area contributed by atoms with E-state index in [1.807, 2.05) is 13.8 Å². The van der Waals surface area contributed by atoms with E-state index in [0.717, 1.165) is 0 Å². The van der Waals surface area contributed by atoms with E-state index in [2.05, 4.69) is 5.32 Å². The van der Waals surface area contributed by atoms with Gasteiger partial charge < -0.3 is 10.4 Å². The van der Waals surface area contributed by atoms with Crippen LogP contribution in [0.15, 0.2) is 11.1 Å². The maximum Gasteiger partial charge on any atom is 0.321 e. The van der Waals surface area contributed by atoms with E-state index < -0.39 is 5.97 Å². The zero-order valence-corrected chi connectivity index (χ0v) is 6.85. The molecule has 2 N–H and O–H groups in total. The van der Waals surface area contributed by atoms with Crippen LogP contribution in [0.5, 0.6) is 0 Å². The van der Waals surface area contributed by atoms with Gasteiger partial charge in [0.25, 0.3) is 0 Å². The molecule has 0 saturated carbocycles. The van der Waals surface area contributed by atoms with Gasteiger partial charge in [0.1, 0.15) is 6.04 Å². The summed E-state index contributed by atoms with van der Waals surface area (Å²) >= 11 is 0. The van der Waals surface area contributed by atoms with Crippen molar-refractivity contribution < 1.29 is 9.90 Å². The Hall–Kier alpha value is -0.830. The minimum atomic E-state index is -0.753. The lowest BCUT2D eigenvalue weighted by Crippen LogP contribution is -2.40. The first kappa shape index (κ1) is 8.27. The molecule has 0 radical (unpaired) electrons. The molecule has 3 heteroatoms. The van der Waals surface area contributed by atoms with Crippen LogP contribution in [0.1, 0.15) is 20.3 Å². The molecule has 0 fully saturated rings. The molecule has 0 amide bonds. The van der Waals surface area contributed by atoms with Crippen molar-refractivity contribution in [3.05, 3.63) is 11.1 Å². The summed E-state index contributed by atoms with van der Waals surface area (Å²) in [5, 5.41) is 11.6. The summed E-state index contributed by atoms with van der Waals surface area (Å²) in [6.45, 7) is 4.73. The Bertz CT molecular complexity index is 208. The fourth-order valence-electron chi connectivity index (χ4n) is 1.15. The number of carbonyl (C=O) groups is 1. The molecule has 1 atom stereocenters. The lowest BCUT2D eigenvalue weighted by atomic mass is 9.98. The number of hydrogen-bond acceptors (Lipinski definition) is 2. The van der Waals surface area contributed by atoms with E-state index in [4.69, 9.17) is 5.11 Å². The number of carboxylic acid groups (broad SMARTS) is 1. The third-order valence-corrected chi connectivity index (χ3v) is 2.15. The van der Waals surface area contributed by atoms with Crippen molar-refractivity contribution in [1.29, 1.82) is 0 Å². The van der Waals surface area contributed by atoms with E-state index in [9.17, 15) is 4.79 Å². The molecule has 0 aromatic heterocycles. The molecule has 62 valence electrons. The van der Waals surface area contributed by atoms with Gasteiger partial charge in [-0.15, -0.1) is 0 Å². The van der Waals surface area contributed by atoms with Gasteiger partial charge in [-0.05, 0) is 20.3 Å². The van der Waals surface area contributed by atoms with Gasteiger partial charge in [-0.3, -0.25) is 4.79 Å². The quantitative estimate of drug-likeness (QED) is 0.550. The predicted octanol–water partition coefficient (Wildman–Crippen LogP) is 0.769. The number of aliphatic carboxylic acids is 1. The van der Waals surface area contributed by atoms with Crippen molar-refractivity contribution in [2.45, 2.75) is 26.3 Å². The van der Waals surface area contributed by atoms with Gasteiger partial charge in [0.15, 0.2) is 0 Å². The smallest absolute Gasteiger partial charge is 0.321 e.